The van der Waals surface area contributed by atoms with Crippen LogP contribution in [0.4, 0.5) is 0 Å². The third-order valence-corrected chi connectivity index (χ3v) is 5.26. The maximum absolute atomic E-state index is 12.2. The maximum atomic E-state index is 12.2. The lowest BCUT2D eigenvalue weighted by atomic mass is 10.00. The molecule has 1 amide bonds. The van der Waals surface area contributed by atoms with E-state index in [2.05, 4.69) is 47.6 Å². The largest absolute Gasteiger partial charge is 0.508 e. The van der Waals surface area contributed by atoms with E-state index in [0.717, 1.165) is 25.6 Å². The second-order valence-corrected chi connectivity index (χ2v) is 7.70. The van der Waals surface area contributed by atoms with Crippen molar-refractivity contribution in [2.45, 2.75) is 26.9 Å². The molecule has 0 spiro atoms. The maximum Gasteiger partial charge on any atom is 0.251 e. The van der Waals surface area contributed by atoms with Crippen LogP contribution in [0.2, 0.25) is 0 Å². The molecular formula is C24H32N4O3. The van der Waals surface area contributed by atoms with Gasteiger partial charge in [0.25, 0.3) is 5.91 Å². The lowest BCUT2D eigenvalue weighted by molar-refractivity contribution is -0.00832. The lowest BCUT2D eigenvalue weighted by Crippen LogP contribution is -2.48. The molecule has 0 bridgehead atoms. The number of hydrogen-bond acceptors (Lipinski definition) is 4. The number of nitrogens with zero attached hydrogens (tertiary/aromatic N) is 2. The van der Waals surface area contributed by atoms with Crippen LogP contribution in [0.25, 0.3) is 0 Å². The Labute approximate surface area is 184 Å². The molecule has 0 aliphatic carbocycles. The van der Waals surface area contributed by atoms with Gasteiger partial charge >= 0.3 is 0 Å². The van der Waals surface area contributed by atoms with Gasteiger partial charge in [-0.3, -0.25) is 9.79 Å². The number of ether oxygens (including phenoxy) is 1. The van der Waals surface area contributed by atoms with Gasteiger partial charge in [0, 0.05) is 25.2 Å². The molecule has 1 atom stereocenters. The summed E-state index contributed by atoms with van der Waals surface area (Å²) in [5.74, 6) is 0.794. The van der Waals surface area contributed by atoms with Gasteiger partial charge in [-0.1, -0.05) is 23.8 Å². The van der Waals surface area contributed by atoms with Crippen LogP contribution < -0.4 is 10.6 Å². The molecule has 0 saturated carbocycles. The van der Waals surface area contributed by atoms with E-state index in [4.69, 9.17) is 9.73 Å². The van der Waals surface area contributed by atoms with Crippen LogP contribution in [0.15, 0.2) is 47.5 Å². The molecule has 1 aliphatic rings. The summed E-state index contributed by atoms with van der Waals surface area (Å²) in [6, 6.07) is 12.7. The average molecular weight is 425 g/mol. The number of aliphatic imine (C=N–C) groups is 1. The van der Waals surface area contributed by atoms with Crippen LogP contribution in [-0.4, -0.2) is 61.2 Å². The van der Waals surface area contributed by atoms with Crippen molar-refractivity contribution < 1.29 is 14.6 Å². The van der Waals surface area contributed by atoms with Gasteiger partial charge in [-0.05, 0) is 56.2 Å². The van der Waals surface area contributed by atoms with Crippen molar-refractivity contribution in [3.63, 3.8) is 0 Å². The quantitative estimate of drug-likeness (QED) is 0.377. The zero-order chi connectivity index (χ0) is 22.2. The molecule has 2 aromatic rings. The van der Waals surface area contributed by atoms with Gasteiger partial charge in [0.2, 0.25) is 0 Å². The molecule has 0 radical (unpaired) electrons. The molecule has 1 fully saturated rings. The third kappa shape index (κ3) is 6.21. The minimum atomic E-state index is -0.179. The number of nitrogens with one attached hydrogen (secondary N) is 2. The molecule has 7 nitrogen and oxygen atoms in total. The normalized spacial score (nSPS) is 16.8. The number of morpholine rings is 1. The molecule has 1 heterocycles. The summed E-state index contributed by atoms with van der Waals surface area (Å²) in [5.41, 5.74) is 4.22. The molecule has 0 aromatic heterocycles. The minimum absolute atomic E-state index is 0.00686. The van der Waals surface area contributed by atoms with E-state index in [0.29, 0.717) is 25.3 Å². The zero-order valence-corrected chi connectivity index (χ0v) is 18.5. The van der Waals surface area contributed by atoms with E-state index < -0.39 is 0 Å². The van der Waals surface area contributed by atoms with Gasteiger partial charge in [-0.2, -0.15) is 0 Å². The fourth-order valence-corrected chi connectivity index (χ4v) is 3.69. The monoisotopic (exact) mass is 424 g/mol. The highest BCUT2D eigenvalue weighted by atomic mass is 16.5. The van der Waals surface area contributed by atoms with Gasteiger partial charge < -0.3 is 25.4 Å². The van der Waals surface area contributed by atoms with Gasteiger partial charge in [-0.25, -0.2) is 0 Å². The first-order valence-electron chi connectivity index (χ1n) is 10.8. The first kappa shape index (κ1) is 22.6. The Kier molecular flexibility index (Phi) is 7.89. The summed E-state index contributed by atoms with van der Waals surface area (Å²) in [5, 5.41) is 15.6. The molecular weight excluding hydrogens is 392 g/mol. The number of amides is 1. The fourth-order valence-electron chi connectivity index (χ4n) is 3.69. The molecule has 7 heteroatoms. The average Bonchev–Trinajstić information content (AvgIpc) is 2.76. The van der Waals surface area contributed by atoms with E-state index in [-0.39, 0.29) is 17.8 Å². The predicted molar refractivity (Wildman–Crippen MR) is 123 cm³/mol. The van der Waals surface area contributed by atoms with E-state index in [9.17, 15) is 9.90 Å². The topological polar surface area (TPSA) is 86.2 Å². The van der Waals surface area contributed by atoms with Crippen molar-refractivity contribution >= 4 is 11.9 Å². The number of aromatic hydroxyl groups is 1. The molecule has 3 rings (SSSR count). The number of carbonyl (C=O) groups is 1. The Morgan fingerprint density at radius 1 is 1.19 bits per heavy atom. The number of phenols is 1. The lowest BCUT2D eigenvalue weighted by Gasteiger charge is -2.36. The van der Waals surface area contributed by atoms with Gasteiger partial charge in [0.15, 0.2) is 5.96 Å². The first-order chi connectivity index (χ1) is 15.0. The molecule has 1 unspecified atom stereocenters. The zero-order valence-electron chi connectivity index (χ0n) is 18.5. The van der Waals surface area contributed by atoms with Crippen molar-refractivity contribution in [3.8, 4) is 5.75 Å². The van der Waals surface area contributed by atoms with E-state index in [1.54, 1.807) is 12.1 Å². The van der Waals surface area contributed by atoms with Crippen LogP contribution in [0, 0.1) is 13.8 Å². The number of benzene rings is 2. The van der Waals surface area contributed by atoms with E-state index >= 15 is 0 Å². The Hall–Kier alpha value is -3.06. The van der Waals surface area contributed by atoms with Crippen molar-refractivity contribution in [1.29, 1.82) is 0 Å². The predicted octanol–water partition coefficient (Wildman–Crippen LogP) is 2.78. The molecule has 2 aromatic carbocycles. The Morgan fingerprint density at radius 3 is 2.68 bits per heavy atom. The summed E-state index contributed by atoms with van der Waals surface area (Å²) in [7, 11) is 0. The van der Waals surface area contributed by atoms with Crippen LogP contribution in [-0.2, 0) is 4.74 Å². The minimum Gasteiger partial charge on any atom is -0.508 e. The van der Waals surface area contributed by atoms with Gasteiger partial charge in [-0.15, -0.1) is 0 Å². The van der Waals surface area contributed by atoms with Crippen LogP contribution in [0.3, 0.4) is 0 Å². The standard InChI is InChI=1S/C24H32N4O3/c1-4-25-24(27-12-11-26-23(30)19-6-8-20(29)9-7-19)28-13-14-31-22(16-28)21-10-5-17(2)15-18(21)3/h5-10,15,22,29H,4,11-14,16H2,1-3H3,(H,25,27)(H,26,30). The highest BCUT2D eigenvalue weighted by molar-refractivity contribution is 5.94. The molecule has 3 N–H and O–H groups in total. The molecule has 1 aliphatic heterocycles. The van der Waals surface area contributed by atoms with Crippen LogP contribution in [0.5, 0.6) is 5.75 Å². The second-order valence-electron chi connectivity index (χ2n) is 7.70. The molecule has 1 saturated heterocycles. The van der Waals surface area contributed by atoms with Crippen molar-refractivity contribution in [3.05, 3.63) is 64.7 Å². The summed E-state index contributed by atoms with van der Waals surface area (Å²) < 4.78 is 6.06. The van der Waals surface area contributed by atoms with Crippen LogP contribution in [0.1, 0.15) is 40.1 Å². The Balaban J connectivity index is 1.59. The summed E-state index contributed by atoms with van der Waals surface area (Å²) >= 11 is 0. The van der Waals surface area contributed by atoms with E-state index in [1.165, 1.54) is 28.8 Å². The SMILES string of the molecule is CCNC(=NCCNC(=O)c1ccc(O)cc1)N1CCOC(c2ccc(C)cc2C)C1. The third-order valence-electron chi connectivity index (χ3n) is 5.26. The highest BCUT2D eigenvalue weighted by Crippen LogP contribution is 2.25. The summed E-state index contributed by atoms with van der Waals surface area (Å²) in [6.45, 7) is 10.1. The van der Waals surface area contributed by atoms with Crippen LogP contribution >= 0.6 is 0 Å². The van der Waals surface area contributed by atoms with Gasteiger partial charge in [0.05, 0.1) is 19.7 Å². The van der Waals surface area contributed by atoms with Crippen molar-refractivity contribution in [1.82, 2.24) is 15.5 Å². The highest BCUT2D eigenvalue weighted by Gasteiger charge is 2.25. The van der Waals surface area contributed by atoms with Crippen molar-refractivity contribution in [2.24, 2.45) is 4.99 Å². The number of guanidine groups is 1. The number of carbonyl (C=O) groups excluding carboxylic acids is 1. The van der Waals surface area contributed by atoms with Crippen molar-refractivity contribution in [2.75, 3.05) is 39.3 Å². The number of rotatable bonds is 6. The number of phenolic OH excluding ortho intramolecular Hbond substituents is 1. The summed E-state index contributed by atoms with van der Waals surface area (Å²) in [4.78, 5) is 19.1. The number of hydrogen-bond donors (Lipinski definition) is 3. The first-order valence-corrected chi connectivity index (χ1v) is 10.8. The smallest absolute Gasteiger partial charge is 0.251 e. The number of aryl methyl sites for hydroxylation is 2. The fraction of sp³-hybridized carbons (Fsp3) is 0.417. The Bertz CT molecular complexity index is 912. The molecule has 166 valence electrons. The van der Waals surface area contributed by atoms with E-state index in [1.807, 2.05) is 6.92 Å². The summed E-state index contributed by atoms with van der Waals surface area (Å²) in [6.07, 6.45) is 0.00686. The second kappa shape index (κ2) is 10.8. The molecule has 31 heavy (non-hydrogen) atoms. The Morgan fingerprint density at radius 2 is 1.97 bits per heavy atom. The van der Waals surface area contributed by atoms with Gasteiger partial charge in [0.1, 0.15) is 11.9 Å².